The Balaban J connectivity index is 2.16. The zero-order chi connectivity index (χ0) is 13.6. The SMILES string of the molecule is CN=C(NCCNS(=O)(=O)NC(C)C)NC1CC1. The number of rotatable bonds is 7. The molecule has 0 radical (unpaired) electrons. The fourth-order valence-corrected chi connectivity index (χ4v) is 2.41. The molecule has 8 heteroatoms. The normalized spacial score (nSPS) is 17.0. The Kier molecular flexibility index (Phi) is 5.83. The third-order valence-electron chi connectivity index (χ3n) is 2.24. The summed E-state index contributed by atoms with van der Waals surface area (Å²) >= 11 is 0. The lowest BCUT2D eigenvalue weighted by Crippen LogP contribution is -2.45. The van der Waals surface area contributed by atoms with Crippen LogP contribution in [0.1, 0.15) is 26.7 Å². The molecule has 0 saturated heterocycles. The molecule has 0 heterocycles. The second-order valence-corrected chi connectivity index (χ2v) is 6.12. The monoisotopic (exact) mass is 277 g/mol. The quantitative estimate of drug-likeness (QED) is 0.277. The van der Waals surface area contributed by atoms with Crippen LogP contribution in [0, 0.1) is 0 Å². The summed E-state index contributed by atoms with van der Waals surface area (Å²) in [6, 6.07) is 0.412. The molecule has 1 aliphatic carbocycles. The van der Waals surface area contributed by atoms with Crippen LogP contribution >= 0.6 is 0 Å². The van der Waals surface area contributed by atoms with Crippen molar-refractivity contribution in [2.45, 2.75) is 38.8 Å². The van der Waals surface area contributed by atoms with Gasteiger partial charge in [-0.15, -0.1) is 0 Å². The zero-order valence-electron chi connectivity index (χ0n) is 11.2. The summed E-state index contributed by atoms with van der Waals surface area (Å²) in [5, 5.41) is 6.27. The Morgan fingerprint density at radius 2 is 2.00 bits per heavy atom. The summed E-state index contributed by atoms with van der Waals surface area (Å²) in [4.78, 5) is 4.05. The molecule has 7 nitrogen and oxygen atoms in total. The molecule has 0 bridgehead atoms. The lowest BCUT2D eigenvalue weighted by Gasteiger charge is -2.13. The Morgan fingerprint density at radius 3 is 2.50 bits per heavy atom. The number of guanidine groups is 1. The van der Waals surface area contributed by atoms with Gasteiger partial charge in [0.05, 0.1) is 0 Å². The number of hydrogen-bond donors (Lipinski definition) is 4. The zero-order valence-corrected chi connectivity index (χ0v) is 12.0. The van der Waals surface area contributed by atoms with Gasteiger partial charge in [-0.25, -0.2) is 4.72 Å². The van der Waals surface area contributed by atoms with Gasteiger partial charge in [-0.1, -0.05) is 0 Å². The Hall–Kier alpha value is -0.860. The molecule has 0 aliphatic heterocycles. The summed E-state index contributed by atoms with van der Waals surface area (Å²) in [5.74, 6) is 0.716. The molecular weight excluding hydrogens is 254 g/mol. The Bertz CT molecular complexity index is 376. The molecule has 1 fully saturated rings. The summed E-state index contributed by atoms with van der Waals surface area (Å²) in [7, 11) is -1.70. The first-order chi connectivity index (χ1) is 8.43. The summed E-state index contributed by atoms with van der Waals surface area (Å²) in [6.07, 6.45) is 2.34. The molecule has 1 saturated carbocycles. The van der Waals surface area contributed by atoms with E-state index in [2.05, 4.69) is 25.1 Å². The van der Waals surface area contributed by atoms with E-state index in [-0.39, 0.29) is 6.04 Å². The minimum absolute atomic E-state index is 0.111. The fourth-order valence-electron chi connectivity index (χ4n) is 1.33. The van der Waals surface area contributed by atoms with Crippen LogP contribution in [0.25, 0.3) is 0 Å². The van der Waals surface area contributed by atoms with Gasteiger partial charge in [-0.05, 0) is 26.7 Å². The third kappa shape index (κ3) is 6.77. The highest BCUT2D eigenvalue weighted by molar-refractivity contribution is 7.87. The van der Waals surface area contributed by atoms with Gasteiger partial charge in [-0.3, -0.25) is 4.99 Å². The average Bonchev–Trinajstić information content (AvgIpc) is 3.04. The number of aliphatic imine (C=N–C) groups is 1. The van der Waals surface area contributed by atoms with Gasteiger partial charge < -0.3 is 10.6 Å². The summed E-state index contributed by atoms with van der Waals surface area (Å²) in [6.45, 7) is 4.36. The van der Waals surface area contributed by atoms with Crippen molar-refractivity contribution in [1.29, 1.82) is 0 Å². The van der Waals surface area contributed by atoms with E-state index in [1.165, 1.54) is 12.8 Å². The molecular formula is C10H23N5O2S. The van der Waals surface area contributed by atoms with Crippen molar-refractivity contribution in [2.24, 2.45) is 4.99 Å². The van der Waals surface area contributed by atoms with E-state index in [1.54, 1.807) is 20.9 Å². The topological polar surface area (TPSA) is 94.6 Å². The minimum Gasteiger partial charge on any atom is -0.355 e. The fraction of sp³-hybridized carbons (Fsp3) is 0.900. The first-order valence-corrected chi connectivity index (χ1v) is 7.65. The van der Waals surface area contributed by atoms with Crippen molar-refractivity contribution in [1.82, 2.24) is 20.1 Å². The van der Waals surface area contributed by atoms with Crippen LogP contribution in [0.5, 0.6) is 0 Å². The van der Waals surface area contributed by atoms with Gasteiger partial charge in [0.15, 0.2) is 5.96 Å². The first kappa shape index (κ1) is 15.2. The predicted molar refractivity (Wildman–Crippen MR) is 72.7 cm³/mol. The smallest absolute Gasteiger partial charge is 0.277 e. The maximum Gasteiger partial charge on any atom is 0.277 e. The van der Waals surface area contributed by atoms with Crippen LogP contribution < -0.4 is 20.1 Å². The highest BCUT2D eigenvalue weighted by Crippen LogP contribution is 2.18. The molecule has 0 aromatic rings. The second kappa shape index (κ2) is 6.91. The van der Waals surface area contributed by atoms with Gasteiger partial charge in [-0.2, -0.15) is 13.1 Å². The maximum atomic E-state index is 11.4. The Morgan fingerprint density at radius 1 is 1.33 bits per heavy atom. The van der Waals surface area contributed by atoms with Gasteiger partial charge in [0.1, 0.15) is 0 Å². The van der Waals surface area contributed by atoms with Crippen LogP contribution in [0.3, 0.4) is 0 Å². The molecule has 1 aliphatic rings. The molecule has 106 valence electrons. The van der Waals surface area contributed by atoms with Gasteiger partial charge in [0.25, 0.3) is 10.2 Å². The number of nitrogens with zero attached hydrogens (tertiary/aromatic N) is 1. The summed E-state index contributed by atoms with van der Waals surface area (Å²) in [5.41, 5.74) is 0. The van der Waals surface area contributed by atoms with Crippen LogP contribution in [-0.4, -0.2) is 46.6 Å². The highest BCUT2D eigenvalue weighted by Gasteiger charge is 2.21. The van der Waals surface area contributed by atoms with Crippen LogP contribution in [0.4, 0.5) is 0 Å². The van der Waals surface area contributed by atoms with E-state index in [0.29, 0.717) is 25.1 Å². The van der Waals surface area contributed by atoms with E-state index in [4.69, 9.17) is 0 Å². The highest BCUT2D eigenvalue weighted by atomic mass is 32.2. The Labute approximate surface area is 109 Å². The van der Waals surface area contributed by atoms with Gasteiger partial charge >= 0.3 is 0 Å². The average molecular weight is 277 g/mol. The first-order valence-electron chi connectivity index (χ1n) is 6.17. The third-order valence-corrected chi connectivity index (χ3v) is 3.61. The largest absolute Gasteiger partial charge is 0.355 e. The van der Waals surface area contributed by atoms with Crippen molar-refractivity contribution in [3.05, 3.63) is 0 Å². The lowest BCUT2D eigenvalue weighted by atomic mass is 10.4. The van der Waals surface area contributed by atoms with E-state index in [0.717, 1.165) is 0 Å². The van der Waals surface area contributed by atoms with Crippen LogP contribution in [0.15, 0.2) is 4.99 Å². The molecule has 0 aromatic carbocycles. The van der Waals surface area contributed by atoms with Crippen molar-refractivity contribution in [2.75, 3.05) is 20.1 Å². The minimum atomic E-state index is -3.40. The van der Waals surface area contributed by atoms with Crippen LogP contribution in [-0.2, 0) is 10.2 Å². The molecule has 18 heavy (non-hydrogen) atoms. The van der Waals surface area contributed by atoms with Crippen LogP contribution in [0.2, 0.25) is 0 Å². The van der Waals surface area contributed by atoms with Gasteiger partial charge in [0, 0.05) is 32.2 Å². The molecule has 0 unspecified atom stereocenters. The molecule has 1 rings (SSSR count). The molecule has 4 N–H and O–H groups in total. The number of nitrogens with one attached hydrogen (secondary N) is 4. The van der Waals surface area contributed by atoms with Crippen molar-refractivity contribution in [3.8, 4) is 0 Å². The molecule has 0 atom stereocenters. The summed E-state index contributed by atoms with van der Waals surface area (Å²) < 4.78 is 27.8. The van der Waals surface area contributed by atoms with E-state index in [1.807, 2.05) is 0 Å². The molecule has 0 amide bonds. The molecule has 0 spiro atoms. The number of hydrogen-bond acceptors (Lipinski definition) is 3. The van der Waals surface area contributed by atoms with E-state index < -0.39 is 10.2 Å². The van der Waals surface area contributed by atoms with E-state index >= 15 is 0 Å². The molecule has 0 aromatic heterocycles. The van der Waals surface area contributed by atoms with Crippen molar-refractivity contribution in [3.63, 3.8) is 0 Å². The van der Waals surface area contributed by atoms with Crippen molar-refractivity contribution >= 4 is 16.2 Å². The van der Waals surface area contributed by atoms with Crippen molar-refractivity contribution < 1.29 is 8.42 Å². The standard InChI is InChI=1S/C10H23N5O2S/c1-8(2)15-18(16,17)13-7-6-12-10(11-3)14-9-4-5-9/h8-9,13,15H,4-7H2,1-3H3,(H2,11,12,14). The second-order valence-electron chi connectivity index (χ2n) is 4.59. The maximum absolute atomic E-state index is 11.4. The van der Waals surface area contributed by atoms with Gasteiger partial charge in [0.2, 0.25) is 0 Å². The predicted octanol–water partition coefficient (Wildman–Crippen LogP) is -0.854. The van der Waals surface area contributed by atoms with E-state index in [9.17, 15) is 8.42 Å². The lowest BCUT2D eigenvalue weighted by molar-refractivity contribution is 0.554.